The van der Waals surface area contributed by atoms with E-state index in [0.717, 1.165) is 64.7 Å². The molecule has 1 fully saturated rings. The Balaban J connectivity index is 2.09. The van der Waals surface area contributed by atoms with Gasteiger partial charge in [0.15, 0.2) is 5.96 Å². The Labute approximate surface area is 123 Å². The molecule has 1 N–H and O–H groups in total. The lowest BCUT2D eigenvalue weighted by Gasteiger charge is -2.24. The molecule has 1 unspecified atom stereocenters. The highest BCUT2D eigenvalue weighted by Crippen LogP contribution is 2.13. The molecule has 0 aromatic heterocycles. The van der Waals surface area contributed by atoms with Crippen LogP contribution in [-0.2, 0) is 9.47 Å². The van der Waals surface area contributed by atoms with E-state index < -0.39 is 0 Å². The SMILES string of the molecule is CCCCOCCCNC(=NC)N(C)CC1CCOC1. The van der Waals surface area contributed by atoms with Crippen molar-refractivity contribution in [3.63, 3.8) is 0 Å². The fourth-order valence-corrected chi connectivity index (χ4v) is 2.31. The Kier molecular flexibility index (Phi) is 9.41. The van der Waals surface area contributed by atoms with E-state index in [1.165, 1.54) is 6.42 Å². The minimum absolute atomic E-state index is 0.635. The molecule has 20 heavy (non-hydrogen) atoms. The van der Waals surface area contributed by atoms with Crippen molar-refractivity contribution in [2.75, 3.05) is 53.6 Å². The fourth-order valence-electron chi connectivity index (χ4n) is 2.31. The van der Waals surface area contributed by atoms with Crippen LogP contribution in [0.2, 0.25) is 0 Å². The number of hydrogen-bond acceptors (Lipinski definition) is 3. The summed E-state index contributed by atoms with van der Waals surface area (Å²) in [4.78, 5) is 6.52. The van der Waals surface area contributed by atoms with E-state index in [1.807, 2.05) is 7.05 Å². The first-order valence-corrected chi connectivity index (χ1v) is 7.85. The van der Waals surface area contributed by atoms with Gasteiger partial charge in [-0.1, -0.05) is 13.3 Å². The highest BCUT2D eigenvalue weighted by molar-refractivity contribution is 5.79. The maximum Gasteiger partial charge on any atom is 0.193 e. The van der Waals surface area contributed by atoms with Crippen molar-refractivity contribution in [2.45, 2.75) is 32.6 Å². The van der Waals surface area contributed by atoms with Crippen molar-refractivity contribution in [3.05, 3.63) is 0 Å². The number of guanidine groups is 1. The Hall–Kier alpha value is -0.810. The number of ether oxygens (including phenoxy) is 2. The highest BCUT2D eigenvalue weighted by Gasteiger charge is 2.18. The molecule has 118 valence electrons. The number of unbranched alkanes of at least 4 members (excludes halogenated alkanes) is 1. The molecule has 1 rings (SSSR count). The van der Waals surface area contributed by atoms with Gasteiger partial charge in [0.2, 0.25) is 0 Å². The van der Waals surface area contributed by atoms with Crippen molar-refractivity contribution in [3.8, 4) is 0 Å². The largest absolute Gasteiger partial charge is 0.381 e. The normalized spacial score (nSPS) is 19.4. The summed E-state index contributed by atoms with van der Waals surface area (Å²) in [6, 6.07) is 0. The van der Waals surface area contributed by atoms with Crippen LogP contribution in [0.3, 0.4) is 0 Å². The van der Waals surface area contributed by atoms with Crippen molar-refractivity contribution in [2.24, 2.45) is 10.9 Å². The molecule has 1 aliphatic rings. The van der Waals surface area contributed by atoms with Crippen LogP contribution in [0.5, 0.6) is 0 Å². The van der Waals surface area contributed by atoms with Gasteiger partial charge in [-0.15, -0.1) is 0 Å². The Morgan fingerprint density at radius 1 is 1.40 bits per heavy atom. The summed E-state index contributed by atoms with van der Waals surface area (Å²) in [5, 5.41) is 3.39. The zero-order valence-corrected chi connectivity index (χ0v) is 13.4. The topological polar surface area (TPSA) is 46.1 Å². The zero-order valence-electron chi connectivity index (χ0n) is 13.4. The van der Waals surface area contributed by atoms with E-state index >= 15 is 0 Å². The second-order valence-electron chi connectivity index (χ2n) is 5.40. The van der Waals surface area contributed by atoms with Crippen molar-refractivity contribution < 1.29 is 9.47 Å². The lowest BCUT2D eigenvalue weighted by atomic mass is 10.1. The summed E-state index contributed by atoms with van der Waals surface area (Å²) in [7, 11) is 3.92. The molecule has 0 amide bonds. The van der Waals surface area contributed by atoms with Crippen LogP contribution in [0, 0.1) is 5.92 Å². The van der Waals surface area contributed by atoms with Gasteiger partial charge >= 0.3 is 0 Å². The summed E-state index contributed by atoms with van der Waals surface area (Å²) in [5.41, 5.74) is 0. The molecule has 0 aliphatic carbocycles. The number of hydrogen-bond donors (Lipinski definition) is 1. The second kappa shape index (κ2) is 10.9. The summed E-state index contributed by atoms with van der Waals surface area (Å²) < 4.78 is 11.0. The van der Waals surface area contributed by atoms with Crippen molar-refractivity contribution in [1.82, 2.24) is 10.2 Å². The van der Waals surface area contributed by atoms with Gasteiger partial charge in [-0.3, -0.25) is 4.99 Å². The van der Waals surface area contributed by atoms with Crippen LogP contribution >= 0.6 is 0 Å². The molecule has 0 aromatic rings. The van der Waals surface area contributed by atoms with Gasteiger partial charge in [0, 0.05) is 52.9 Å². The first-order chi connectivity index (χ1) is 9.77. The number of nitrogens with one attached hydrogen (secondary N) is 1. The summed E-state index contributed by atoms with van der Waals surface area (Å²) >= 11 is 0. The average Bonchev–Trinajstić information content (AvgIpc) is 2.94. The van der Waals surface area contributed by atoms with Crippen LogP contribution in [0.25, 0.3) is 0 Å². The lowest BCUT2D eigenvalue weighted by molar-refractivity contribution is 0.129. The third-order valence-corrected chi connectivity index (χ3v) is 3.52. The Bertz CT molecular complexity index is 266. The van der Waals surface area contributed by atoms with Gasteiger partial charge in [-0.2, -0.15) is 0 Å². The lowest BCUT2D eigenvalue weighted by Crippen LogP contribution is -2.42. The quantitative estimate of drug-likeness (QED) is 0.398. The van der Waals surface area contributed by atoms with Crippen molar-refractivity contribution >= 4 is 5.96 Å². The van der Waals surface area contributed by atoms with E-state index in [0.29, 0.717) is 5.92 Å². The predicted octanol–water partition coefficient (Wildman–Crippen LogP) is 1.74. The van der Waals surface area contributed by atoms with Crippen LogP contribution in [0.1, 0.15) is 32.6 Å². The van der Waals surface area contributed by atoms with Gasteiger partial charge in [-0.25, -0.2) is 0 Å². The molecule has 0 radical (unpaired) electrons. The molecule has 0 aromatic carbocycles. The molecule has 1 atom stereocenters. The summed E-state index contributed by atoms with van der Waals surface area (Å²) in [6.45, 7) is 7.58. The van der Waals surface area contributed by atoms with Gasteiger partial charge in [0.25, 0.3) is 0 Å². The second-order valence-corrected chi connectivity index (χ2v) is 5.40. The minimum atomic E-state index is 0.635. The number of aliphatic imine (C=N–C) groups is 1. The standard InChI is InChI=1S/C15H31N3O2/c1-4-5-9-19-10-6-8-17-15(16-2)18(3)12-14-7-11-20-13-14/h14H,4-13H2,1-3H3,(H,16,17). The smallest absolute Gasteiger partial charge is 0.193 e. The Morgan fingerprint density at radius 3 is 2.85 bits per heavy atom. The third kappa shape index (κ3) is 7.10. The maximum absolute atomic E-state index is 5.55. The van der Waals surface area contributed by atoms with Gasteiger partial charge in [-0.05, 0) is 19.3 Å². The van der Waals surface area contributed by atoms with E-state index in [1.54, 1.807) is 0 Å². The molecule has 1 aliphatic heterocycles. The van der Waals surface area contributed by atoms with E-state index in [9.17, 15) is 0 Å². The molecule has 1 heterocycles. The fraction of sp³-hybridized carbons (Fsp3) is 0.933. The molecule has 5 heteroatoms. The van der Waals surface area contributed by atoms with E-state index in [2.05, 4.69) is 29.2 Å². The summed E-state index contributed by atoms with van der Waals surface area (Å²) in [6.07, 6.45) is 4.53. The monoisotopic (exact) mass is 285 g/mol. The van der Waals surface area contributed by atoms with Gasteiger partial charge in [0.05, 0.1) is 6.61 Å². The predicted molar refractivity (Wildman–Crippen MR) is 83.3 cm³/mol. The van der Waals surface area contributed by atoms with Crippen LogP contribution in [0.4, 0.5) is 0 Å². The highest BCUT2D eigenvalue weighted by atomic mass is 16.5. The minimum Gasteiger partial charge on any atom is -0.381 e. The van der Waals surface area contributed by atoms with Crippen LogP contribution in [-0.4, -0.2) is 64.5 Å². The molecular weight excluding hydrogens is 254 g/mol. The molecule has 5 nitrogen and oxygen atoms in total. The van der Waals surface area contributed by atoms with E-state index in [-0.39, 0.29) is 0 Å². The van der Waals surface area contributed by atoms with E-state index in [4.69, 9.17) is 9.47 Å². The van der Waals surface area contributed by atoms with Gasteiger partial charge in [0.1, 0.15) is 0 Å². The molecule has 1 saturated heterocycles. The molecule has 0 spiro atoms. The van der Waals surface area contributed by atoms with Gasteiger partial charge < -0.3 is 19.7 Å². The molecule has 0 bridgehead atoms. The van der Waals surface area contributed by atoms with Crippen LogP contribution < -0.4 is 5.32 Å². The number of nitrogens with zero attached hydrogens (tertiary/aromatic N) is 2. The Morgan fingerprint density at radius 2 is 2.20 bits per heavy atom. The molecular formula is C15H31N3O2. The first-order valence-electron chi connectivity index (χ1n) is 7.85. The molecule has 0 saturated carbocycles. The third-order valence-electron chi connectivity index (χ3n) is 3.52. The summed E-state index contributed by atoms with van der Waals surface area (Å²) in [5.74, 6) is 1.60. The van der Waals surface area contributed by atoms with Crippen molar-refractivity contribution in [1.29, 1.82) is 0 Å². The van der Waals surface area contributed by atoms with Crippen LogP contribution in [0.15, 0.2) is 4.99 Å². The number of rotatable bonds is 9. The first kappa shape index (κ1) is 17.2. The maximum atomic E-state index is 5.55. The zero-order chi connectivity index (χ0) is 14.6. The average molecular weight is 285 g/mol.